The molecular weight excluding hydrogens is 657 g/mol. The molecule has 3 amide bonds. The number of fused-ring (bicyclic) bond motifs is 1. The molecule has 268 valence electrons. The van der Waals surface area contributed by atoms with Gasteiger partial charge in [-0.2, -0.15) is 4.31 Å². The summed E-state index contributed by atoms with van der Waals surface area (Å²) in [6.07, 6.45) is 1.25. The predicted molar refractivity (Wildman–Crippen MR) is 182 cm³/mol. The Labute approximate surface area is 286 Å². The third kappa shape index (κ3) is 9.56. The fourth-order valence-corrected chi connectivity index (χ4v) is 7.11. The third-order valence-electron chi connectivity index (χ3n) is 8.48. The van der Waals surface area contributed by atoms with Crippen LogP contribution in [0.4, 0.5) is 20.6 Å². The number of carbonyl (C=O) groups excluding carboxylic acids is 2. The van der Waals surface area contributed by atoms with Crippen molar-refractivity contribution >= 4 is 33.3 Å². The zero-order valence-corrected chi connectivity index (χ0v) is 29.5. The molecule has 0 unspecified atom stereocenters. The number of benzene rings is 2. The first-order valence-corrected chi connectivity index (χ1v) is 17.7. The number of aliphatic hydroxyl groups excluding tert-OH is 1. The summed E-state index contributed by atoms with van der Waals surface area (Å²) in [6, 6.07) is 8.82. The van der Waals surface area contributed by atoms with Crippen LogP contribution in [0.25, 0.3) is 0 Å². The van der Waals surface area contributed by atoms with Crippen LogP contribution in [0.5, 0.6) is 5.75 Å². The van der Waals surface area contributed by atoms with E-state index < -0.39 is 39.9 Å². The van der Waals surface area contributed by atoms with Gasteiger partial charge in [-0.05, 0) is 89.4 Å². The first-order chi connectivity index (χ1) is 23.2. The Morgan fingerprint density at radius 3 is 2.45 bits per heavy atom. The van der Waals surface area contributed by atoms with Gasteiger partial charge in [-0.1, -0.05) is 12.1 Å². The zero-order valence-electron chi connectivity index (χ0n) is 28.7. The summed E-state index contributed by atoms with van der Waals surface area (Å²) in [4.78, 5) is 28.6. The molecule has 3 aromatic rings. The number of hydrogen-bond donors (Lipinski definition) is 3. The third-order valence-corrected chi connectivity index (χ3v) is 10.6. The number of amides is 3. The zero-order chi connectivity index (χ0) is 35.9. The predicted octanol–water partition coefficient (Wildman–Crippen LogP) is 5.19. The average Bonchev–Trinajstić information content (AvgIpc) is 3.41. The fourth-order valence-electron chi connectivity index (χ4n) is 5.64. The van der Waals surface area contributed by atoms with E-state index in [1.165, 1.54) is 46.6 Å². The highest BCUT2D eigenvalue weighted by Gasteiger charge is 2.34. The quantitative estimate of drug-likeness (QED) is 0.287. The lowest BCUT2D eigenvalue weighted by Crippen LogP contribution is -2.48. The summed E-state index contributed by atoms with van der Waals surface area (Å²) in [5.41, 5.74) is 1.12. The van der Waals surface area contributed by atoms with Crippen molar-refractivity contribution in [2.45, 2.75) is 77.0 Å². The molecule has 2 heterocycles. The maximum absolute atomic E-state index is 14.3. The number of sulfonamides is 1. The Hall–Kier alpha value is -4.05. The monoisotopic (exact) mass is 703 g/mol. The highest BCUT2D eigenvalue weighted by molar-refractivity contribution is 7.89. The lowest BCUT2D eigenvalue weighted by atomic mass is 10.0. The van der Waals surface area contributed by atoms with Crippen LogP contribution < -0.4 is 15.4 Å². The number of urea groups is 1. The standard InChI is InChI=1S/C34H46FN5O8S/c1-21-18-40(22(2)20-41)33(42)29-17-28(37-34(43)36-27-12-10-26(35)11-13-27)14-15-30(29)47-23(3)9-7-8-16-46-31(21)19-39(6)49(44,45)32-24(4)38-48-25(32)5/h10-15,17,21-23,31,41H,7-9,16,18-20H2,1-6H3,(H2,36,37,43)/t21-,22-,23-,31+/m1/s1. The van der Waals surface area contributed by atoms with E-state index in [4.69, 9.17) is 14.0 Å². The molecule has 0 bridgehead atoms. The van der Waals surface area contributed by atoms with Crippen molar-refractivity contribution in [1.82, 2.24) is 14.4 Å². The highest BCUT2D eigenvalue weighted by atomic mass is 32.2. The first-order valence-electron chi connectivity index (χ1n) is 16.3. The SMILES string of the molecule is Cc1noc(C)c1S(=O)(=O)N(C)C[C@@H]1OCCCC[C@@H](C)Oc2ccc(NC(=O)Nc3ccc(F)cc3)cc2C(=O)N([C@H](C)CO)C[C@H]1C. The van der Waals surface area contributed by atoms with E-state index in [-0.39, 0.29) is 53.6 Å². The van der Waals surface area contributed by atoms with Crippen molar-refractivity contribution in [1.29, 1.82) is 0 Å². The molecule has 2 aromatic carbocycles. The fraction of sp³-hybridized carbons (Fsp3) is 0.500. The summed E-state index contributed by atoms with van der Waals surface area (Å²) in [5, 5.41) is 19.3. The second-order valence-electron chi connectivity index (χ2n) is 12.5. The molecule has 0 fully saturated rings. The number of nitrogens with zero attached hydrogens (tertiary/aromatic N) is 3. The van der Waals surface area contributed by atoms with Crippen LogP contribution >= 0.6 is 0 Å². The summed E-state index contributed by atoms with van der Waals surface area (Å²) < 4.78 is 59.3. The van der Waals surface area contributed by atoms with E-state index in [0.717, 1.165) is 6.42 Å². The van der Waals surface area contributed by atoms with Gasteiger partial charge in [0, 0.05) is 44.0 Å². The normalized spacial score (nSPS) is 20.2. The Bertz CT molecular complexity index is 1680. The van der Waals surface area contributed by atoms with Gasteiger partial charge in [0.1, 0.15) is 22.2 Å². The number of aliphatic hydroxyl groups is 1. The molecule has 0 aliphatic carbocycles. The molecule has 3 N–H and O–H groups in total. The van der Waals surface area contributed by atoms with Crippen LogP contribution in [0.15, 0.2) is 51.9 Å². The van der Waals surface area contributed by atoms with Crippen LogP contribution in [-0.2, 0) is 14.8 Å². The molecule has 15 heteroatoms. The Kier molecular flexibility index (Phi) is 12.8. The lowest BCUT2D eigenvalue weighted by Gasteiger charge is -2.35. The number of likely N-dealkylation sites (N-methyl/N-ethyl adjacent to an activating group) is 1. The molecule has 0 spiro atoms. The van der Waals surface area contributed by atoms with Gasteiger partial charge >= 0.3 is 6.03 Å². The Morgan fingerprint density at radius 1 is 1.12 bits per heavy atom. The van der Waals surface area contributed by atoms with Gasteiger partial charge in [0.15, 0.2) is 5.76 Å². The van der Waals surface area contributed by atoms with Gasteiger partial charge in [0.2, 0.25) is 10.0 Å². The van der Waals surface area contributed by atoms with Gasteiger partial charge < -0.3 is 34.6 Å². The maximum Gasteiger partial charge on any atom is 0.323 e. The minimum atomic E-state index is -3.97. The van der Waals surface area contributed by atoms with Gasteiger partial charge in [-0.15, -0.1) is 0 Å². The van der Waals surface area contributed by atoms with E-state index in [0.29, 0.717) is 36.6 Å². The highest BCUT2D eigenvalue weighted by Crippen LogP contribution is 2.29. The van der Waals surface area contributed by atoms with Crippen molar-refractivity contribution in [3.05, 3.63) is 65.3 Å². The second-order valence-corrected chi connectivity index (χ2v) is 14.5. The molecule has 0 radical (unpaired) electrons. The van der Waals surface area contributed by atoms with E-state index in [9.17, 15) is 27.5 Å². The van der Waals surface area contributed by atoms with Crippen molar-refractivity contribution < 1.29 is 41.5 Å². The Morgan fingerprint density at radius 2 is 1.80 bits per heavy atom. The summed E-state index contributed by atoms with van der Waals surface area (Å²) >= 11 is 0. The minimum absolute atomic E-state index is 0.00354. The van der Waals surface area contributed by atoms with Crippen molar-refractivity contribution in [3.63, 3.8) is 0 Å². The number of anilines is 2. The number of carbonyl (C=O) groups is 2. The van der Waals surface area contributed by atoms with Gasteiger partial charge in [0.05, 0.1) is 30.4 Å². The summed E-state index contributed by atoms with van der Waals surface area (Å²) in [5.74, 6) is -0.762. The molecule has 4 rings (SSSR count). The van der Waals surface area contributed by atoms with Gasteiger partial charge in [-0.25, -0.2) is 17.6 Å². The van der Waals surface area contributed by atoms with Crippen LogP contribution in [0, 0.1) is 25.6 Å². The van der Waals surface area contributed by atoms with E-state index in [2.05, 4.69) is 15.8 Å². The van der Waals surface area contributed by atoms with E-state index in [1.807, 2.05) is 13.8 Å². The number of aromatic nitrogens is 1. The molecule has 0 saturated heterocycles. The second kappa shape index (κ2) is 16.6. The van der Waals surface area contributed by atoms with E-state index >= 15 is 0 Å². The van der Waals surface area contributed by atoms with E-state index in [1.54, 1.807) is 32.9 Å². The van der Waals surface area contributed by atoms with Crippen molar-refractivity contribution in [2.75, 3.05) is 44.0 Å². The molecule has 1 aliphatic rings. The maximum atomic E-state index is 14.3. The molecule has 4 atom stereocenters. The first kappa shape index (κ1) is 37.8. The molecule has 13 nitrogen and oxygen atoms in total. The number of ether oxygens (including phenoxy) is 2. The topological polar surface area (TPSA) is 164 Å². The largest absolute Gasteiger partial charge is 0.490 e. The minimum Gasteiger partial charge on any atom is -0.490 e. The van der Waals surface area contributed by atoms with Crippen LogP contribution in [0.1, 0.15) is 61.8 Å². The van der Waals surface area contributed by atoms with Crippen LogP contribution in [0.3, 0.4) is 0 Å². The number of hydrogen-bond acceptors (Lipinski definition) is 9. The van der Waals surface area contributed by atoms with Crippen LogP contribution in [0.2, 0.25) is 0 Å². The molecule has 1 aromatic heterocycles. The average molecular weight is 704 g/mol. The van der Waals surface area contributed by atoms with Crippen molar-refractivity contribution in [3.8, 4) is 5.75 Å². The molecule has 0 saturated carbocycles. The van der Waals surface area contributed by atoms with Gasteiger partial charge in [-0.3, -0.25) is 4.79 Å². The number of nitrogens with one attached hydrogen (secondary N) is 2. The molecule has 49 heavy (non-hydrogen) atoms. The van der Waals surface area contributed by atoms with Crippen LogP contribution in [-0.4, -0.2) is 91.4 Å². The Balaban J connectivity index is 1.63. The lowest BCUT2D eigenvalue weighted by molar-refractivity contribution is -0.00835. The molecular formula is C34H46FN5O8S. The molecule has 1 aliphatic heterocycles. The summed E-state index contributed by atoms with van der Waals surface area (Å²) in [6.45, 7) is 8.73. The summed E-state index contributed by atoms with van der Waals surface area (Å²) in [7, 11) is -2.50. The smallest absolute Gasteiger partial charge is 0.323 e. The number of aryl methyl sites for hydroxylation is 2. The number of rotatable bonds is 8. The number of halogens is 1. The van der Waals surface area contributed by atoms with Crippen molar-refractivity contribution in [2.24, 2.45) is 5.92 Å². The van der Waals surface area contributed by atoms with Gasteiger partial charge in [0.25, 0.3) is 5.91 Å².